The molecule has 1 N–H and O–H groups in total. The van der Waals surface area contributed by atoms with E-state index in [1.54, 1.807) is 6.20 Å². The van der Waals surface area contributed by atoms with Crippen molar-refractivity contribution in [1.29, 1.82) is 0 Å². The summed E-state index contributed by atoms with van der Waals surface area (Å²) in [5.41, 5.74) is 1.41. The van der Waals surface area contributed by atoms with Crippen molar-refractivity contribution in [1.82, 2.24) is 25.4 Å². The predicted octanol–water partition coefficient (Wildman–Crippen LogP) is 2.82. The van der Waals surface area contributed by atoms with Crippen LogP contribution in [0, 0.1) is 3.57 Å². The van der Waals surface area contributed by atoms with Gasteiger partial charge in [-0.25, -0.2) is 9.97 Å². The molecule has 17 heavy (non-hydrogen) atoms. The maximum atomic E-state index is 6.12. The molecule has 0 aliphatic rings. The first-order chi connectivity index (χ1) is 7.89. The van der Waals surface area contributed by atoms with Gasteiger partial charge in [-0.15, -0.1) is 0 Å². The van der Waals surface area contributed by atoms with Gasteiger partial charge in [0, 0.05) is 5.41 Å². The second-order valence-electron chi connectivity index (χ2n) is 4.61. The normalized spacial score (nSPS) is 11.8. The number of rotatable bonds is 1. The summed E-state index contributed by atoms with van der Waals surface area (Å²) in [6, 6.07) is 0. The monoisotopic (exact) mass is 363 g/mol. The maximum Gasteiger partial charge on any atom is 0.183 e. The third-order valence-electron chi connectivity index (χ3n) is 2.17. The summed E-state index contributed by atoms with van der Waals surface area (Å²) in [6.45, 7) is 6.25. The third-order valence-corrected chi connectivity index (χ3v) is 3.78. The number of hydrogen-bond acceptors (Lipinski definition) is 4. The van der Waals surface area contributed by atoms with Gasteiger partial charge in [-0.05, 0) is 22.6 Å². The Bertz CT molecular complexity index is 532. The first kappa shape index (κ1) is 12.7. The lowest BCUT2D eigenvalue weighted by Crippen LogP contribution is -2.17. The lowest BCUT2D eigenvalue weighted by atomic mass is 9.92. The van der Waals surface area contributed by atoms with Gasteiger partial charge in [-0.2, -0.15) is 15.4 Å². The topological polar surface area (TPSA) is 67.3 Å². The molecular formula is C10H11ClIN5. The Kier molecular flexibility index (Phi) is 3.35. The fraction of sp³-hybridized carbons (Fsp3) is 0.400. The molecule has 0 spiro atoms. The summed E-state index contributed by atoms with van der Waals surface area (Å²) < 4.78 is 0.879. The molecule has 0 aromatic carbocycles. The van der Waals surface area contributed by atoms with Crippen molar-refractivity contribution < 1.29 is 0 Å². The number of halogens is 2. The van der Waals surface area contributed by atoms with Crippen molar-refractivity contribution in [3.63, 3.8) is 0 Å². The number of hydrogen-bond donors (Lipinski definition) is 1. The van der Waals surface area contributed by atoms with Crippen LogP contribution < -0.4 is 0 Å². The van der Waals surface area contributed by atoms with E-state index in [1.165, 1.54) is 0 Å². The fourth-order valence-corrected chi connectivity index (χ4v) is 2.56. The number of aromatic amines is 1. The van der Waals surface area contributed by atoms with Gasteiger partial charge in [0.1, 0.15) is 10.8 Å². The molecule has 0 bridgehead atoms. The van der Waals surface area contributed by atoms with Crippen LogP contribution in [0.15, 0.2) is 6.20 Å². The Labute approximate surface area is 118 Å². The van der Waals surface area contributed by atoms with Gasteiger partial charge >= 0.3 is 0 Å². The lowest BCUT2D eigenvalue weighted by molar-refractivity contribution is 0.563. The first-order valence-corrected chi connectivity index (χ1v) is 6.45. The van der Waals surface area contributed by atoms with Crippen molar-refractivity contribution in [2.45, 2.75) is 26.2 Å². The SMILES string of the molecule is CC(C)(C)c1nc(-c2cn[nH]n2)nc(Cl)c1I. The van der Waals surface area contributed by atoms with E-state index in [0.717, 1.165) is 9.26 Å². The number of nitrogens with one attached hydrogen (secondary N) is 1. The highest BCUT2D eigenvalue weighted by atomic mass is 127. The van der Waals surface area contributed by atoms with E-state index in [1.807, 2.05) is 0 Å². The Morgan fingerprint density at radius 1 is 1.29 bits per heavy atom. The van der Waals surface area contributed by atoms with Crippen LogP contribution in [0.3, 0.4) is 0 Å². The molecule has 0 atom stereocenters. The maximum absolute atomic E-state index is 6.12. The second-order valence-corrected chi connectivity index (χ2v) is 6.04. The van der Waals surface area contributed by atoms with E-state index in [4.69, 9.17) is 11.6 Å². The second kappa shape index (κ2) is 4.49. The van der Waals surface area contributed by atoms with Crippen LogP contribution in [0.5, 0.6) is 0 Å². The van der Waals surface area contributed by atoms with Crippen LogP contribution in [0.25, 0.3) is 11.5 Å². The summed E-state index contributed by atoms with van der Waals surface area (Å²) in [7, 11) is 0. The van der Waals surface area contributed by atoms with Gasteiger partial charge in [0.15, 0.2) is 5.82 Å². The van der Waals surface area contributed by atoms with Gasteiger partial charge in [0.2, 0.25) is 0 Å². The predicted molar refractivity (Wildman–Crippen MR) is 73.8 cm³/mol. The van der Waals surface area contributed by atoms with Gasteiger partial charge in [-0.3, -0.25) is 0 Å². The number of nitrogens with zero attached hydrogens (tertiary/aromatic N) is 4. The Hall–Kier alpha value is -0.760. The molecule has 0 unspecified atom stereocenters. The average Bonchev–Trinajstić information content (AvgIpc) is 2.73. The Morgan fingerprint density at radius 2 is 2.00 bits per heavy atom. The molecule has 0 fully saturated rings. The lowest BCUT2D eigenvalue weighted by Gasteiger charge is -2.20. The van der Waals surface area contributed by atoms with E-state index >= 15 is 0 Å². The molecule has 0 saturated carbocycles. The summed E-state index contributed by atoms with van der Waals surface area (Å²) in [5, 5.41) is 10.7. The number of H-pyrrole nitrogens is 1. The van der Waals surface area contributed by atoms with Crippen molar-refractivity contribution in [2.24, 2.45) is 0 Å². The quantitative estimate of drug-likeness (QED) is 0.625. The van der Waals surface area contributed by atoms with Gasteiger partial charge in [-0.1, -0.05) is 32.4 Å². The summed E-state index contributed by atoms with van der Waals surface area (Å²) in [6.07, 6.45) is 1.57. The first-order valence-electron chi connectivity index (χ1n) is 4.99. The summed E-state index contributed by atoms with van der Waals surface area (Å²) in [4.78, 5) is 8.73. The standard InChI is InChI=1S/C10H11ClIN5/c1-10(2,3)7-6(12)8(11)15-9(14-7)5-4-13-17-16-5/h4H,1-3H3,(H,13,16,17). The van der Waals surface area contributed by atoms with Crippen LogP contribution in [-0.2, 0) is 5.41 Å². The van der Waals surface area contributed by atoms with Crippen molar-refractivity contribution in [3.05, 3.63) is 20.6 Å². The smallest absolute Gasteiger partial charge is 0.183 e. The van der Waals surface area contributed by atoms with Gasteiger partial charge in [0.05, 0.1) is 15.5 Å². The van der Waals surface area contributed by atoms with E-state index in [0.29, 0.717) is 16.7 Å². The minimum Gasteiger partial charge on any atom is -0.230 e. The zero-order chi connectivity index (χ0) is 12.6. The molecule has 2 aromatic rings. The van der Waals surface area contributed by atoms with Crippen molar-refractivity contribution in [3.8, 4) is 11.5 Å². The third kappa shape index (κ3) is 2.57. The van der Waals surface area contributed by atoms with Crippen LogP contribution in [-0.4, -0.2) is 25.4 Å². The fourth-order valence-electron chi connectivity index (χ4n) is 1.34. The van der Waals surface area contributed by atoms with E-state index in [2.05, 4.69) is 68.7 Å². The van der Waals surface area contributed by atoms with Crippen LogP contribution in [0.1, 0.15) is 26.5 Å². The largest absolute Gasteiger partial charge is 0.230 e. The molecule has 0 saturated heterocycles. The van der Waals surface area contributed by atoms with Gasteiger partial charge in [0.25, 0.3) is 0 Å². The summed E-state index contributed by atoms with van der Waals surface area (Å²) >= 11 is 8.29. The molecule has 0 amide bonds. The van der Waals surface area contributed by atoms with Crippen LogP contribution in [0.4, 0.5) is 0 Å². The molecular weight excluding hydrogens is 353 g/mol. The average molecular weight is 364 g/mol. The molecule has 2 rings (SSSR count). The minimum absolute atomic E-state index is 0.0956. The molecule has 2 aromatic heterocycles. The van der Waals surface area contributed by atoms with E-state index in [-0.39, 0.29) is 5.41 Å². The van der Waals surface area contributed by atoms with Crippen LogP contribution >= 0.6 is 34.2 Å². The molecule has 0 aliphatic carbocycles. The molecule has 7 heteroatoms. The molecule has 2 heterocycles. The highest BCUT2D eigenvalue weighted by Gasteiger charge is 2.23. The highest BCUT2D eigenvalue weighted by molar-refractivity contribution is 14.1. The van der Waals surface area contributed by atoms with E-state index < -0.39 is 0 Å². The minimum atomic E-state index is -0.0956. The van der Waals surface area contributed by atoms with Gasteiger partial charge < -0.3 is 0 Å². The molecule has 0 radical (unpaired) electrons. The molecule has 0 aliphatic heterocycles. The zero-order valence-corrected chi connectivity index (χ0v) is 12.5. The Balaban J connectivity index is 2.62. The zero-order valence-electron chi connectivity index (χ0n) is 9.62. The van der Waals surface area contributed by atoms with Crippen LogP contribution in [0.2, 0.25) is 5.15 Å². The Morgan fingerprint density at radius 3 is 2.53 bits per heavy atom. The number of aromatic nitrogens is 5. The molecule has 5 nitrogen and oxygen atoms in total. The van der Waals surface area contributed by atoms with Crippen molar-refractivity contribution in [2.75, 3.05) is 0 Å². The van der Waals surface area contributed by atoms with Crippen molar-refractivity contribution >= 4 is 34.2 Å². The van der Waals surface area contributed by atoms with E-state index in [9.17, 15) is 0 Å². The summed E-state index contributed by atoms with van der Waals surface area (Å²) in [5.74, 6) is 0.495. The molecule has 90 valence electrons. The highest BCUT2D eigenvalue weighted by Crippen LogP contribution is 2.30.